The van der Waals surface area contributed by atoms with Crippen LogP contribution in [0.2, 0.25) is 0 Å². The predicted molar refractivity (Wildman–Crippen MR) is 100 cm³/mol. The van der Waals surface area contributed by atoms with E-state index in [9.17, 15) is 24.6 Å². The first-order valence-corrected chi connectivity index (χ1v) is 9.73. The first-order chi connectivity index (χ1) is 13.1. The minimum absolute atomic E-state index is 0.0456. The van der Waals surface area contributed by atoms with Gasteiger partial charge >= 0.3 is 11.9 Å². The first kappa shape index (κ1) is 24.5. The number of Topliss-reactive ketones (excluding diaryl/α,β-unsaturated/α-hetero) is 1. The Morgan fingerprint density at radius 1 is 1.21 bits per heavy atom. The number of carbonyl (C=O) groups is 3. The zero-order valence-corrected chi connectivity index (χ0v) is 17.5. The van der Waals surface area contributed by atoms with E-state index >= 15 is 0 Å². The number of esters is 2. The van der Waals surface area contributed by atoms with Gasteiger partial charge in [0.25, 0.3) is 0 Å². The molecule has 0 amide bonds. The summed E-state index contributed by atoms with van der Waals surface area (Å²) in [5, 5.41) is 21.4. The van der Waals surface area contributed by atoms with E-state index in [0.29, 0.717) is 19.3 Å². The van der Waals surface area contributed by atoms with Crippen LogP contribution in [0.15, 0.2) is 0 Å². The van der Waals surface area contributed by atoms with E-state index < -0.39 is 41.8 Å². The van der Waals surface area contributed by atoms with Gasteiger partial charge in [-0.15, -0.1) is 0 Å². The predicted octanol–water partition coefficient (Wildman–Crippen LogP) is 1.39. The number of rotatable bonds is 10. The molecule has 8 heteroatoms. The van der Waals surface area contributed by atoms with Crippen molar-refractivity contribution >= 4 is 17.7 Å². The zero-order valence-electron chi connectivity index (χ0n) is 17.5. The van der Waals surface area contributed by atoms with Crippen LogP contribution in [0, 0.1) is 11.8 Å². The number of aliphatic hydroxyl groups is 2. The fraction of sp³-hybridized carbons (Fsp3) is 0.850. The molecule has 0 radical (unpaired) electrons. The summed E-state index contributed by atoms with van der Waals surface area (Å²) in [5.74, 6) is -1.95. The molecule has 1 saturated heterocycles. The lowest BCUT2D eigenvalue weighted by Crippen LogP contribution is -2.58. The number of aliphatic hydroxyl groups excluding tert-OH is 2. The number of carbonyl (C=O) groups excluding carboxylic acids is 3. The Kier molecular flexibility index (Phi) is 9.53. The monoisotopic (exact) mass is 402 g/mol. The smallest absolute Gasteiger partial charge is 0.311 e. The van der Waals surface area contributed by atoms with E-state index in [1.165, 1.54) is 21.1 Å². The molecule has 162 valence electrons. The van der Waals surface area contributed by atoms with Gasteiger partial charge in [0.05, 0.1) is 44.1 Å². The van der Waals surface area contributed by atoms with Gasteiger partial charge in [0.1, 0.15) is 5.78 Å². The van der Waals surface area contributed by atoms with Gasteiger partial charge in [-0.2, -0.15) is 0 Å². The number of methoxy groups -OCH3 is 2. The average Bonchev–Trinajstić information content (AvgIpc) is 2.66. The second-order valence-electron chi connectivity index (χ2n) is 7.91. The lowest BCUT2D eigenvalue weighted by Gasteiger charge is -2.47. The molecular formula is C20H34O8. The van der Waals surface area contributed by atoms with Crippen LogP contribution < -0.4 is 0 Å². The lowest BCUT2D eigenvalue weighted by atomic mass is 9.77. The van der Waals surface area contributed by atoms with Crippen LogP contribution in [0.1, 0.15) is 59.3 Å². The highest BCUT2D eigenvalue weighted by atomic mass is 16.6. The van der Waals surface area contributed by atoms with Crippen molar-refractivity contribution < 1.29 is 38.8 Å². The summed E-state index contributed by atoms with van der Waals surface area (Å²) in [5.41, 5.74) is -1.11. The van der Waals surface area contributed by atoms with Crippen LogP contribution in [0.5, 0.6) is 0 Å². The molecule has 0 saturated carbocycles. The van der Waals surface area contributed by atoms with Gasteiger partial charge in [0, 0.05) is 12.8 Å². The van der Waals surface area contributed by atoms with E-state index in [2.05, 4.69) is 4.74 Å². The Labute approximate surface area is 166 Å². The van der Waals surface area contributed by atoms with E-state index in [1.807, 2.05) is 6.92 Å². The maximum Gasteiger partial charge on any atom is 0.311 e. The van der Waals surface area contributed by atoms with Gasteiger partial charge < -0.3 is 29.2 Å². The molecule has 1 aliphatic heterocycles. The highest BCUT2D eigenvalue weighted by Crippen LogP contribution is 2.39. The average molecular weight is 402 g/mol. The molecule has 1 heterocycles. The Bertz CT molecular complexity index is 548. The molecule has 0 aromatic carbocycles. The molecule has 1 fully saturated rings. The highest BCUT2D eigenvalue weighted by molar-refractivity contribution is 5.75. The van der Waals surface area contributed by atoms with Gasteiger partial charge in [0.15, 0.2) is 0 Å². The Balaban J connectivity index is 2.94. The molecule has 0 spiro atoms. The van der Waals surface area contributed by atoms with Crippen molar-refractivity contribution in [2.24, 2.45) is 11.8 Å². The van der Waals surface area contributed by atoms with Gasteiger partial charge in [-0.05, 0) is 45.4 Å². The third-order valence-corrected chi connectivity index (χ3v) is 5.65. The van der Waals surface area contributed by atoms with Crippen LogP contribution in [-0.2, 0) is 28.6 Å². The standard InChI is InChI=1S/C20H34O8/c1-12(7-6-8-13(2)21)17(24)18-14(19(25)27-5)11-15(22)20(3,28-18)10-9-16(23)26-4/h12,14-15,17-18,22,24H,6-11H2,1-5H3/t12-,14+,15+,17-,18+,20-/m0/s1. The van der Waals surface area contributed by atoms with Crippen molar-refractivity contribution in [1.29, 1.82) is 0 Å². The van der Waals surface area contributed by atoms with Crippen LogP contribution in [0.25, 0.3) is 0 Å². The number of hydrogen-bond acceptors (Lipinski definition) is 8. The Hall–Kier alpha value is -1.51. The Morgan fingerprint density at radius 2 is 1.86 bits per heavy atom. The largest absolute Gasteiger partial charge is 0.469 e. The van der Waals surface area contributed by atoms with E-state index in [-0.39, 0.29) is 31.0 Å². The van der Waals surface area contributed by atoms with E-state index in [0.717, 1.165) is 0 Å². The number of ketones is 1. The second-order valence-corrected chi connectivity index (χ2v) is 7.91. The summed E-state index contributed by atoms with van der Waals surface area (Å²) in [6, 6.07) is 0. The molecule has 6 atom stereocenters. The van der Waals surface area contributed by atoms with Crippen molar-refractivity contribution in [2.75, 3.05) is 14.2 Å². The lowest BCUT2D eigenvalue weighted by molar-refractivity contribution is -0.238. The van der Waals surface area contributed by atoms with Crippen LogP contribution in [-0.4, -0.2) is 66.1 Å². The van der Waals surface area contributed by atoms with Gasteiger partial charge in [0.2, 0.25) is 0 Å². The van der Waals surface area contributed by atoms with E-state index in [1.54, 1.807) is 6.92 Å². The third-order valence-electron chi connectivity index (χ3n) is 5.65. The van der Waals surface area contributed by atoms with Crippen LogP contribution in [0.3, 0.4) is 0 Å². The molecule has 2 N–H and O–H groups in total. The molecule has 0 aliphatic carbocycles. The number of ether oxygens (including phenoxy) is 3. The molecule has 0 aromatic heterocycles. The zero-order chi connectivity index (χ0) is 21.5. The fourth-order valence-electron chi connectivity index (χ4n) is 3.63. The number of hydrogen-bond donors (Lipinski definition) is 2. The van der Waals surface area contributed by atoms with Crippen LogP contribution >= 0.6 is 0 Å². The molecule has 1 rings (SSSR count). The summed E-state index contributed by atoms with van der Waals surface area (Å²) < 4.78 is 15.5. The normalized spacial score (nSPS) is 29.6. The maximum atomic E-state index is 12.2. The second kappa shape index (κ2) is 10.9. The third kappa shape index (κ3) is 6.53. The van der Waals surface area contributed by atoms with Gasteiger partial charge in [-0.25, -0.2) is 0 Å². The summed E-state index contributed by atoms with van der Waals surface area (Å²) in [6.45, 7) is 5.01. The van der Waals surface area contributed by atoms with Crippen molar-refractivity contribution in [3.05, 3.63) is 0 Å². The van der Waals surface area contributed by atoms with Crippen LogP contribution in [0.4, 0.5) is 0 Å². The van der Waals surface area contributed by atoms with Crippen molar-refractivity contribution in [3.63, 3.8) is 0 Å². The van der Waals surface area contributed by atoms with Gasteiger partial charge in [-0.1, -0.05) is 6.92 Å². The fourth-order valence-corrected chi connectivity index (χ4v) is 3.63. The summed E-state index contributed by atoms with van der Waals surface area (Å²) in [4.78, 5) is 34.9. The molecule has 0 unspecified atom stereocenters. The highest BCUT2D eigenvalue weighted by Gasteiger charge is 2.51. The molecule has 28 heavy (non-hydrogen) atoms. The molecule has 0 aromatic rings. The summed E-state index contributed by atoms with van der Waals surface area (Å²) >= 11 is 0. The quantitative estimate of drug-likeness (QED) is 0.526. The topological polar surface area (TPSA) is 119 Å². The molecular weight excluding hydrogens is 368 g/mol. The van der Waals surface area contributed by atoms with Crippen molar-refractivity contribution in [3.8, 4) is 0 Å². The summed E-state index contributed by atoms with van der Waals surface area (Å²) in [7, 11) is 2.53. The minimum Gasteiger partial charge on any atom is -0.469 e. The van der Waals surface area contributed by atoms with Gasteiger partial charge in [-0.3, -0.25) is 9.59 Å². The van der Waals surface area contributed by atoms with Crippen molar-refractivity contribution in [2.45, 2.75) is 83.2 Å². The van der Waals surface area contributed by atoms with E-state index in [4.69, 9.17) is 9.47 Å². The Morgan fingerprint density at radius 3 is 2.39 bits per heavy atom. The summed E-state index contributed by atoms with van der Waals surface area (Å²) in [6.07, 6.45) is -0.920. The maximum absolute atomic E-state index is 12.2. The molecule has 1 aliphatic rings. The van der Waals surface area contributed by atoms with Crippen molar-refractivity contribution in [1.82, 2.24) is 0 Å². The molecule has 8 nitrogen and oxygen atoms in total. The molecule has 0 bridgehead atoms. The SMILES string of the molecule is COC(=O)CC[C@]1(C)O[C@@H]([C@@H](O)[C@@H](C)CCCC(C)=O)[C@H](C(=O)OC)C[C@H]1O. The first-order valence-electron chi connectivity index (χ1n) is 9.73. The minimum atomic E-state index is -1.11.